The Morgan fingerprint density at radius 1 is 1.30 bits per heavy atom. The lowest BCUT2D eigenvalue weighted by Crippen LogP contribution is -2.48. The second-order valence-corrected chi connectivity index (χ2v) is 6.99. The number of ether oxygens (including phenoxy) is 1. The predicted octanol–water partition coefficient (Wildman–Crippen LogP) is 3.32. The molecule has 0 unspecified atom stereocenters. The third-order valence-corrected chi connectivity index (χ3v) is 5.56. The Labute approximate surface area is 118 Å². The molecule has 1 heterocycles. The molecule has 0 spiro atoms. The molecule has 4 heteroatoms. The van der Waals surface area contributed by atoms with Gasteiger partial charge in [-0.3, -0.25) is 0 Å². The minimum Gasteiger partial charge on any atom is -0.461 e. The zero-order valence-corrected chi connectivity index (χ0v) is 11.9. The number of carbonyl (C=O) groups is 1. The van der Waals surface area contributed by atoms with Crippen molar-refractivity contribution in [2.45, 2.75) is 50.9 Å². The smallest absolute Gasteiger partial charge is 0.360 e. The van der Waals surface area contributed by atoms with Gasteiger partial charge in [-0.25, -0.2) is 4.79 Å². The third-order valence-electron chi connectivity index (χ3n) is 5.56. The van der Waals surface area contributed by atoms with Crippen LogP contribution in [0, 0.1) is 17.8 Å². The molecule has 4 nitrogen and oxygen atoms in total. The number of hydrogen-bond donors (Lipinski definition) is 0. The van der Waals surface area contributed by atoms with Crippen LogP contribution in [-0.4, -0.2) is 17.7 Å². The number of carbonyl (C=O) groups excluding carboxylic acids is 1. The average Bonchev–Trinajstić information content (AvgIpc) is 2.87. The van der Waals surface area contributed by atoms with Crippen molar-refractivity contribution >= 4 is 5.97 Å². The van der Waals surface area contributed by atoms with Crippen molar-refractivity contribution in [1.29, 1.82) is 0 Å². The summed E-state index contributed by atoms with van der Waals surface area (Å²) in [6.07, 6.45) is 7.86. The van der Waals surface area contributed by atoms with Gasteiger partial charge in [-0.15, -0.1) is 0 Å². The summed E-state index contributed by atoms with van der Waals surface area (Å²) in [5.41, 5.74) is 0.490. The molecule has 4 aliphatic rings. The van der Waals surface area contributed by atoms with Gasteiger partial charge in [-0.1, -0.05) is 5.16 Å². The molecule has 108 valence electrons. The van der Waals surface area contributed by atoms with Crippen LogP contribution in [-0.2, 0) is 10.2 Å². The second-order valence-electron chi connectivity index (χ2n) is 6.99. The maximum absolute atomic E-state index is 11.7. The highest BCUT2D eigenvalue weighted by Crippen LogP contribution is 2.60. The van der Waals surface area contributed by atoms with E-state index >= 15 is 0 Å². The topological polar surface area (TPSA) is 52.3 Å². The van der Waals surface area contributed by atoms with E-state index < -0.39 is 0 Å². The fourth-order valence-electron chi connectivity index (χ4n) is 5.24. The summed E-state index contributed by atoms with van der Waals surface area (Å²) >= 11 is 0. The minimum atomic E-state index is -0.368. The minimum absolute atomic E-state index is 0.159. The number of esters is 1. The van der Waals surface area contributed by atoms with E-state index in [-0.39, 0.29) is 11.4 Å². The van der Waals surface area contributed by atoms with Gasteiger partial charge in [-0.2, -0.15) is 0 Å². The van der Waals surface area contributed by atoms with Crippen molar-refractivity contribution in [2.24, 2.45) is 17.8 Å². The molecule has 0 aromatic carbocycles. The van der Waals surface area contributed by atoms with Crippen molar-refractivity contribution < 1.29 is 14.1 Å². The summed E-state index contributed by atoms with van der Waals surface area (Å²) in [6, 6.07) is 1.84. The third kappa shape index (κ3) is 1.80. The normalized spacial score (nSPS) is 38.1. The molecule has 0 aliphatic heterocycles. The summed E-state index contributed by atoms with van der Waals surface area (Å²) in [4.78, 5) is 11.7. The van der Waals surface area contributed by atoms with Crippen molar-refractivity contribution in [1.82, 2.24) is 5.16 Å². The van der Waals surface area contributed by atoms with E-state index in [9.17, 15) is 4.79 Å². The van der Waals surface area contributed by atoms with Gasteiger partial charge in [0.1, 0.15) is 5.76 Å². The first-order valence-corrected chi connectivity index (χ1v) is 7.83. The van der Waals surface area contributed by atoms with Gasteiger partial charge in [0.2, 0.25) is 0 Å². The highest BCUT2D eigenvalue weighted by molar-refractivity contribution is 5.87. The zero-order chi connectivity index (χ0) is 13.7. The first kappa shape index (κ1) is 12.4. The first-order chi connectivity index (χ1) is 9.68. The van der Waals surface area contributed by atoms with Gasteiger partial charge in [0.25, 0.3) is 0 Å². The Hall–Kier alpha value is -1.32. The van der Waals surface area contributed by atoms with Gasteiger partial charge in [0.15, 0.2) is 5.69 Å². The Kier molecular flexibility index (Phi) is 2.69. The predicted molar refractivity (Wildman–Crippen MR) is 72.3 cm³/mol. The standard InChI is InChI=1S/C16H21NO3/c1-2-19-15(18)13-6-14(20-17-13)16-7-10-3-11(8-16)5-12(4-10)9-16/h6,10-12H,2-5,7-9H2,1H3. The van der Waals surface area contributed by atoms with Crippen LogP contribution in [0.4, 0.5) is 0 Å². The van der Waals surface area contributed by atoms with Crippen molar-refractivity contribution in [3.05, 3.63) is 17.5 Å². The molecule has 4 aliphatic carbocycles. The van der Waals surface area contributed by atoms with E-state index in [0.29, 0.717) is 12.3 Å². The summed E-state index contributed by atoms with van der Waals surface area (Å²) in [5, 5.41) is 3.94. The van der Waals surface area contributed by atoms with E-state index in [1.165, 1.54) is 38.5 Å². The van der Waals surface area contributed by atoms with Gasteiger partial charge in [-0.05, 0) is 63.2 Å². The van der Waals surface area contributed by atoms with E-state index in [1.807, 2.05) is 6.07 Å². The van der Waals surface area contributed by atoms with Gasteiger partial charge in [0, 0.05) is 11.5 Å². The molecule has 0 saturated heterocycles. The molecule has 1 aromatic heterocycles. The molecule has 0 N–H and O–H groups in total. The Morgan fingerprint density at radius 2 is 1.90 bits per heavy atom. The van der Waals surface area contributed by atoms with Crippen LogP contribution in [0.15, 0.2) is 10.6 Å². The molecule has 0 amide bonds. The van der Waals surface area contributed by atoms with Gasteiger partial charge >= 0.3 is 5.97 Å². The van der Waals surface area contributed by atoms with Crippen LogP contribution in [0.25, 0.3) is 0 Å². The van der Waals surface area contributed by atoms with E-state index in [1.54, 1.807) is 6.92 Å². The summed E-state index contributed by atoms with van der Waals surface area (Å²) < 4.78 is 10.6. The molecule has 4 fully saturated rings. The maximum Gasteiger partial charge on any atom is 0.360 e. The lowest BCUT2D eigenvalue weighted by Gasteiger charge is -2.55. The molecule has 0 radical (unpaired) electrons. The molecular weight excluding hydrogens is 254 g/mol. The lowest BCUT2D eigenvalue weighted by atomic mass is 9.49. The van der Waals surface area contributed by atoms with E-state index in [4.69, 9.17) is 9.26 Å². The lowest BCUT2D eigenvalue weighted by molar-refractivity contribution is -0.0175. The second kappa shape index (κ2) is 4.34. The largest absolute Gasteiger partial charge is 0.461 e. The number of hydrogen-bond acceptors (Lipinski definition) is 4. The number of nitrogens with zero attached hydrogens (tertiary/aromatic N) is 1. The van der Waals surface area contributed by atoms with Crippen LogP contribution in [0.2, 0.25) is 0 Å². The molecule has 4 saturated carbocycles. The van der Waals surface area contributed by atoms with E-state index in [0.717, 1.165) is 23.5 Å². The molecule has 0 atom stereocenters. The van der Waals surface area contributed by atoms with Crippen LogP contribution in [0.3, 0.4) is 0 Å². The summed E-state index contributed by atoms with van der Waals surface area (Å²) in [6.45, 7) is 2.18. The van der Waals surface area contributed by atoms with Crippen LogP contribution < -0.4 is 0 Å². The zero-order valence-electron chi connectivity index (χ0n) is 11.9. The molecule has 4 bridgehead atoms. The van der Waals surface area contributed by atoms with Gasteiger partial charge in [0.05, 0.1) is 6.61 Å². The Morgan fingerprint density at radius 3 is 2.45 bits per heavy atom. The summed E-state index contributed by atoms with van der Waals surface area (Å²) in [7, 11) is 0. The van der Waals surface area contributed by atoms with Crippen molar-refractivity contribution in [2.75, 3.05) is 6.61 Å². The fraction of sp³-hybridized carbons (Fsp3) is 0.750. The summed E-state index contributed by atoms with van der Waals surface area (Å²) in [5.74, 6) is 3.14. The monoisotopic (exact) mass is 275 g/mol. The Bertz CT molecular complexity index is 498. The molecule has 1 aromatic rings. The molecule has 20 heavy (non-hydrogen) atoms. The quantitative estimate of drug-likeness (QED) is 0.794. The Balaban J connectivity index is 1.62. The van der Waals surface area contributed by atoms with Crippen molar-refractivity contribution in [3.63, 3.8) is 0 Å². The fourth-order valence-corrected chi connectivity index (χ4v) is 5.24. The molecule has 5 rings (SSSR count). The van der Waals surface area contributed by atoms with Crippen LogP contribution in [0.5, 0.6) is 0 Å². The number of aromatic nitrogens is 1. The maximum atomic E-state index is 11.7. The van der Waals surface area contributed by atoms with Crippen LogP contribution >= 0.6 is 0 Å². The van der Waals surface area contributed by atoms with Crippen molar-refractivity contribution in [3.8, 4) is 0 Å². The highest BCUT2D eigenvalue weighted by atomic mass is 16.5. The highest BCUT2D eigenvalue weighted by Gasteiger charge is 2.53. The molecular formula is C16H21NO3. The van der Waals surface area contributed by atoms with Crippen LogP contribution in [0.1, 0.15) is 61.7 Å². The first-order valence-electron chi connectivity index (χ1n) is 7.83. The van der Waals surface area contributed by atoms with E-state index in [2.05, 4.69) is 5.16 Å². The van der Waals surface area contributed by atoms with Gasteiger partial charge < -0.3 is 9.26 Å². The number of rotatable bonds is 3. The SMILES string of the molecule is CCOC(=O)c1cc(C23CC4CC(CC(C4)C2)C3)on1. The average molecular weight is 275 g/mol.